The van der Waals surface area contributed by atoms with Crippen LogP contribution in [0.1, 0.15) is 22.3 Å². The van der Waals surface area contributed by atoms with Crippen LogP contribution in [0, 0.1) is 0 Å². The van der Waals surface area contributed by atoms with Gasteiger partial charge < -0.3 is 13.9 Å². The van der Waals surface area contributed by atoms with Gasteiger partial charge >= 0.3 is 0 Å². The highest BCUT2D eigenvalue weighted by molar-refractivity contribution is 6.09. The molecule has 13 rings (SSSR count). The Hall–Kier alpha value is -8.40. The maximum Gasteiger partial charge on any atom is 0.136 e. The van der Waals surface area contributed by atoms with Gasteiger partial charge in [-0.15, -0.1) is 0 Å². The summed E-state index contributed by atoms with van der Waals surface area (Å²) < 4.78 is 8.70. The third-order valence-corrected chi connectivity index (χ3v) is 13.5. The summed E-state index contributed by atoms with van der Waals surface area (Å²) in [6.07, 6.45) is 0. The molecule has 1 aliphatic carbocycles. The number of hydrogen-bond acceptors (Lipinski definition) is 2. The molecule has 2 heterocycles. The van der Waals surface area contributed by atoms with Crippen LogP contribution in [0.3, 0.4) is 0 Å². The SMILES string of the molecule is c1ccc(C2(c3ccccc3)c3ccccc3-c3c(N(c4ccc(-c5ccc6c(c5)oc5ccccc56)cc4)c4ccc(-n5c6ccccc6c6ccccc65)cc4)cccc32)cc1. The molecule has 0 bridgehead atoms. The normalized spacial score (nSPS) is 12.8. The molecule has 3 heteroatoms. The number of rotatable bonds is 7. The fourth-order valence-corrected chi connectivity index (χ4v) is 10.7. The van der Waals surface area contributed by atoms with Crippen molar-refractivity contribution in [1.29, 1.82) is 0 Å². The number of aromatic nitrogens is 1. The summed E-state index contributed by atoms with van der Waals surface area (Å²) in [6, 6.07) is 88.3. The highest BCUT2D eigenvalue weighted by Crippen LogP contribution is 2.59. The van der Waals surface area contributed by atoms with Gasteiger partial charge in [-0.2, -0.15) is 0 Å². The van der Waals surface area contributed by atoms with Gasteiger partial charge in [0.15, 0.2) is 0 Å². The summed E-state index contributed by atoms with van der Waals surface area (Å²) in [4.78, 5) is 2.45. The highest BCUT2D eigenvalue weighted by Gasteiger charge is 2.47. The number of benzene rings is 10. The number of para-hydroxylation sites is 3. The largest absolute Gasteiger partial charge is 0.456 e. The van der Waals surface area contributed by atoms with E-state index in [1.165, 1.54) is 55.2 Å². The molecule has 2 aromatic heterocycles. The lowest BCUT2D eigenvalue weighted by Crippen LogP contribution is -2.28. The molecule has 0 amide bonds. The lowest BCUT2D eigenvalue weighted by molar-refractivity contribution is 0.669. The van der Waals surface area contributed by atoms with Crippen LogP contribution in [0.5, 0.6) is 0 Å². The molecule has 1 aliphatic rings. The van der Waals surface area contributed by atoms with E-state index >= 15 is 0 Å². The van der Waals surface area contributed by atoms with Gasteiger partial charge in [-0.3, -0.25) is 0 Å². The average molecular weight is 817 g/mol. The molecule has 0 atom stereocenters. The Morgan fingerprint density at radius 1 is 0.375 bits per heavy atom. The van der Waals surface area contributed by atoms with Crippen molar-refractivity contribution in [1.82, 2.24) is 4.57 Å². The van der Waals surface area contributed by atoms with Gasteiger partial charge in [-0.05, 0) is 112 Å². The molecule has 0 spiro atoms. The highest BCUT2D eigenvalue weighted by atomic mass is 16.3. The van der Waals surface area contributed by atoms with Crippen molar-refractivity contribution in [3.8, 4) is 27.9 Å². The summed E-state index contributed by atoms with van der Waals surface area (Å²) in [6.45, 7) is 0. The smallest absolute Gasteiger partial charge is 0.136 e. The van der Waals surface area contributed by atoms with E-state index in [0.717, 1.165) is 55.8 Å². The topological polar surface area (TPSA) is 21.3 Å². The zero-order valence-electron chi connectivity index (χ0n) is 34.9. The third-order valence-electron chi connectivity index (χ3n) is 13.5. The molecular formula is C61H40N2O. The van der Waals surface area contributed by atoms with Crippen molar-refractivity contribution >= 4 is 60.8 Å². The van der Waals surface area contributed by atoms with Crippen LogP contribution in [-0.2, 0) is 5.41 Å². The molecule has 0 fully saturated rings. The Morgan fingerprint density at radius 2 is 0.906 bits per heavy atom. The number of furan rings is 1. The first-order chi connectivity index (χ1) is 31.8. The van der Waals surface area contributed by atoms with E-state index in [2.05, 4.69) is 240 Å². The Labute approximate surface area is 371 Å². The van der Waals surface area contributed by atoms with Gasteiger partial charge in [0.1, 0.15) is 11.2 Å². The van der Waals surface area contributed by atoms with Crippen LogP contribution in [0.15, 0.2) is 247 Å². The van der Waals surface area contributed by atoms with Crippen LogP contribution in [-0.4, -0.2) is 4.57 Å². The van der Waals surface area contributed by atoms with E-state index in [0.29, 0.717) is 0 Å². The Balaban J connectivity index is 1.01. The number of fused-ring (bicyclic) bond motifs is 9. The Kier molecular flexibility index (Phi) is 8.13. The summed E-state index contributed by atoms with van der Waals surface area (Å²) in [5, 5.41) is 4.77. The minimum atomic E-state index is -0.518. The van der Waals surface area contributed by atoms with E-state index in [-0.39, 0.29) is 0 Å². The van der Waals surface area contributed by atoms with E-state index in [9.17, 15) is 0 Å². The molecule has 0 saturated carbocycles. The maximum absolute atomic E-state index is 6.32. The second-order valence-corrected chi connectivity index (χ2v) is 16.8. The van der Waals surface area contributed by atoms with Gasteiger partial charge in [0.05, 0.1) is 22.1 Å². The van der Waals surface area contributed by atoms with Gasteiger partial charge in [0.25, 0.3) is 0 Å². The van der Waals surface area contributed by atoms with Gasteiger partial charge in [0, 0.05) is 44.2 Å². The zero-order chi connectivity index (χ0) is 42.2. The summed E-state index contributed by atoms with van der Waals surface area (Å²) >= 11 is 0. The Morgan fingerprint density at radius 3 is 1.59 bits per heavy atom. The molecule has 300 valence electrons. The van der Waals surface area contributed by atoms with Crippen LogP contribution in [0.4, 0.5) is 17.1 Å². The number of anilines is 3. The molecule has 10 aromatic carbocycles. The van der Waals surface area contributed by atoms with Crippen molar-refractivity contribution in [2.24, 2.45) is 0 Å². The van der Waals surface area contributed by atoms with E-state index in [1.54, 1.807) is 0 Å². The number of hydrogen-bond donors (Lipinski definition) is 0. The zero-order valence-corrected chi connectivity index (χ0v) is 34.9. The molecule has 3 nitrogen and oxygen atoms in total. The van der Waals surface area contributed by atoms with Crippen LogP contribution in [0.25, 0.3) is 71.7 Å². The average Bonchev–Trinajstić information content (AvgIpc) is 4.02. The first-order valence-electron chi connectivity index (χ1n) is 22.0. The second-order valence-electron chi connectivity index (χ2n) is 16.8. The lowest BCUT2D eigenvalue weighted by Gasteiger charge is -2.34. The second kappa shape index (κ2) is 14.3. The minimum absolute atomic E-state index is 0.518. The van der Waals surface area contributed by atoms with Crippen LogP contribution in [0.2, 0.25) is 0 Å². The van der Waals surface area contributed by atoms with E-state index in [4.69, 9.17) is 4.42 Å². The fraction of sp³-hybridized carbons (Fsp3) is 0.0164. The first-order valence-corrected chi connectivity index (χ1v) is 22.0. The monoisotopic (exact) mass is 816 g/mol. The predicted molar refractivity (Wildman–Crippen MR) is 265 cm³/mol. The molecule has 64 heavy (non-hydrogen) atoms. The number of nitrogens with zero attached hydrogens (tertiary/aromatic N) is 2. The molecule has 0 aliphatic heterocycles. The maximum atomic E-state index is 6.32. The van der Waals surface area contributed by atoms with Crippen molar-refractivity contribution in [3.05, 3.63) is 265 Å². The van der Waals surface area contributed by atoms with Crippen molar-refractivity contribution in [2.75, 3.05) is 4.90 Å². The standard InChI is InChI=1S/C61H40N2O/c1-3-16-43(17-4-1)61(44-18-5-2-6-19-44)53-24-11-7-23-52(53)60-54(61)25-15-28-57(60)62(45-33-30-41(31-34-45)42-32-39-51-50-22-10-14-29-58(50)64-59(51)40-42)46-35-37-47(38-36-46)63-55-26-12-8-20-48(55)49-21-9-13-27-56(49)63/h1-40H. The van der Waals surface area contributed by atoms with E-state index < -0.39 is 5.41 Å². The van der Waals surface area contributed by atoms with Crippen molar-refractivity contribution in [3.63, 3.8) is 0 Å². The molecule has 0 N–H and O–H groups in total. The fourth-order valence-electron chi connectivity index (χ4n) is 10.7. The Bertz CT molecular complexity index is 3620. The third kappa shape index (κ3) is 5.34. The lowest BCUT2D eigenvalue weighted by atomic mass is 9.68. The summed E-state index contributed by atoms with van der Waals surface area (Å²) in [5.74, 6) is 0. The summed E-state index contributed by atoms with van der Waals surface area (Å²) in [5.41, 5.74) is 17.8. The molecule has 0 saturated heterocycles. The molecular weight excluding hydrogens is 777 g/mol. The van der Waals surface area contributed by atoms with Gasteiger partial charge in [-0.1, -0.05) is 170 Å². The van der Waals surface area contributed by atoms with Crippen LogP contribution >= 0.6 is 0 Å². The predicted octanol–water partition coefficient (Wildman–Crippen LogP) is 16.2. The first kappa shape index (κ1) is 36.3. The van der Waals surface area contributed by atoms with Crippen molar-refractivity contribution < 1.29 is 4.42 Å². The van der Waals surface area contributed by atoms with Gasteiger partial charge in [-0.25, -0.2) is 0 Å². The molecule has 0 radical (unpaired) electrons. The van der Waals surface area contributed by atoms with E-state index in [1.807, 2.05) is 12.1 Å². The van der Waals surface area contributed by atoms with Crippen molar-refractivity contribution in [2.45, 2.75) is 5.41 Å². The minimum Gasteiger partial charge on any atom is -0.456 e. The molecule has 12 aromatic rings. The molecule has 0 unspecified atom stereocenters. The van der Waals surface area contributed by atoms with Gasteiger partial charge in [0.2, 0.25) is 0 Å². The summed E-state index contributed by atoms with van der Waals surface area (Å²) in [7, 11) is 0. The van der Waals surface area contributed by atoms with Crippen LogP contribution < -0.4 is 4.90 Å². The quantitative estimate of drug-likeness (QED) is 0.160.